The van der Waals surface area contributed by atoms with Gasteiger partial charge in [0.2, 0.25) is 5.82 Å². The van der Waals surface area contributed by atoms with Crippen molar-refractivity contribution in [3.63, 3.8) is 0 Å². The lowest BCUT2D eigenvalue weighted by atomic mass is 10.2. The average Bonchev–Trinajstić information content (AvgIpc) is 3.15. The average molecular weight is 407 g/mol. The standard InChI is InChI=1S/C18H13ClF2N4O3/c19-11-4-1-3-10(9-11)15-24-18(28-25-15)17(27)23-8-7-22-16(26)14-12(20)5-2-6-13(14)21/h1-6,9H,7-8H2,(H,22,26)(H,23,27). The molecule has 28 heavy (non-hydrogen) atoms. The van der Waals surface area contributed by atoms with Gasteiger partial charge in [-0.15, -0.1) is 0 Å². The maximum Gasteiger partial charge on any atom is 0.316 e. The molecule has 1 aromatic heterocycles. The van der Waals surface area contributed by atoms with Crippen LogP contribution in [0.15, 0.2) is 47.0 Å². The first-order valence-electron chi connectivity index (χ1n) is 8.06. The molecule has 0 aliphatic heterocycles. The smallest absolute Gasteiger partial charge is 0.316 e. The van der Waals surface area contributed by atoms with E-state index in [1.54, 1.807) is 24.3 Å². The Morgan fingerprint density at radius 2 is 1.64 bits per heavy atom. The molecule has 3 rings (SSSR count). The fraction of sp³-hybridized carbons (Fsp3) is 0.111. The van der Waals surface area contributed by atoms with Crippen molar-refractivity contribution in [3.05, 3.63) is 70.6 Å². The lowest BCUT2D eigenvalue weighted by Gasteiger charge is -2.07. The maximum atomic E-state index is 13.5. The summed E-state index contributed by atoms with van der Waals surface area (Å²) in [4.78, 5) is 27.8. The zero-order chi connectivity index (χ0) is 20.1. The number of halogens is 3. The summed E-state index contributed by atoms with van der Waals surface area (Å²) in [7, 11) is 0. The number of carbonyl (C=O) groups is 2. The van der Waals surface area contributed by atoms with Gasteiger partial charge in [0, 0.05) is 23.7 Å². The van der Waals surface area contributed by atoms with Crippen molar-refractivity contribution in [2.45, 2.75) is 0 Å². The summed E-state index contributed by atoms with van der Waals surface area (Å²) in [5.74, 6) is -3.61. The molecule has 0 fully saturated rings. The Labute approximate surface area is 162 Å². The predicted molar refractivity (Wildman–Crippen MR) is 95.8 cm³/mol. The minimum absolute atomic E-state index is 0.0183. The van der Waals surface area contributed by atoms with Gasteiger partial charge >= 0.3 is 11.8 Å². The second-order valence-corrected chi connectivity index (χ2v) is 5.98. The van der Waals surface area contributed by atoms with Gasteiger partial charge in [0.25, 0.3) is 5.91 Å². The summed E-state index contributed by atoms with van der Waals surface area (Å²) in [6, 6.07) is 9.82. The molecule has 144 valence electrons. The topological polar surface area (TPSA) is 97.1 Å². The summed E-state index contributed by atoms with van der Waals surface area (Å²) in [5, 5.41) is 8.94. The van der Waals surface area contributed by atoms with Gasteiger partial charge in [-0.05, 0) is 24.3 Å². The summed E-state index contributed by atoms with van der Waals surface area (Å²) in [5.41, 5.74) is -0.105. The van der Waals surface area contributed by atoms with Crippen molar-refractivity contribution < 1.29 is 22.9 Å². The van der Waals surface area contributed by atoms with Gasteiger partial charge in [0.15, 0.2) is 0 Å². The molecule has 0 unspecified atom stereocenters. The Morgan fingerprint density at radius 1 is 1.00 bits per heavy atom. The fourth-order valence-electron chi connectivity index (χ4n) is 2.29. The zero-order valence-corrected chi connectivity index (χ0v) is 15.0. The molecule has 0 spiro atoms. The lowest BCUT2D eigenvalue weighted by Crippen LogP contribution is -2.35. The number of rotatable bonds is 6. The summed E-state index contributed by atoms with van der Waals surface area (Å²) < 4.78 is 31.9. The number of nitrogens with one attached hydrogen (secondary N) is 2. The summed E-state index contributed by atoms with van der Waals surface area (Å²) in [6.07, 6.45) is 0. The van der Waals surface area contributed by atoms with Gasteiger partial charge in [0.1, 0.15) is 17.2 Å². The molecule has 0 atom stereocenters. The monoisotopic (exact) mass is 406 g/mol. The normalized spacial score (nSPS) is 10.5. The number of nitrogens with zero attached hydrogens (tertiary/aromatic N) is 2. The lowest BCUT2D eigenvalue weighted by molar-refractivity contribution is 0.0896. The van der Waals surface area contributed by atoms with Crippen LogP contribution < -0.4 is 10.6 Å². The highest BCUT2D eigenvalue weighted by Crippen LogP contribution is 2.19. The molecule has 0 aliphatic rings. The first-order valence-corrected chi connectivity index (χ1v) is 8.43. The molecule has 2 amide bonds. The van der Waals surface area contributed by atoms with E-state index >= 15 is 0 Å². The number of carbonyl (C=O) groups excluding carboxylic acids is 2. The van der Waals surface area contributed by atoms with Crippen LogP contribution in [0.25, 0.3) is 11.4 Å². The highest BCUT2D eigenvalue weighted by Gasteiger charge is 2.18. The molecule has 0 aliphatic carbocycles. The van der Waals surface area contributed by atoms with E-state index in [2.05, 4.69) is 20.8 Å². The zero-order valence-electron chi connectivity index (χ0n) is 14.2. The van der Waals surface area contributed by atoms with Crippen molar-refractivity contribution in [1.29, 1.82) is 0 Å². The quantitative estimate of drug-likeness (QED) is 0.613. The van der Waals surface area contributed by atoms with Crippen molar-refractivity contribution in [2.75, 3.05) is 13.1 Å². The largest absolute Gasteiger partial charge is 0.350 e. The molecule has 2 aromatic carbocycles. The Bertz CT molecular complexity index is 1010. The Kier molecular flexibility index (Phi) is 5.95. The SMILES string of the molecule is O=C(NCCNC(=O)c1c(F)cccc1F)c1nc(-c2cccc(Cl)c2)no1. The van der Waals surface area contributed by atoms with Crippen LogP contribution in [-0.4, -0.2) is 35.0 Å². The van der Waals surface area contributed by atoms with Gasteiger partial charge in [0.05, 0.1) is 0 Å². The highest BCUT2D eigenvalue weighted by molar-refractivity contribution is 6.30. The van der Waals surface area contributed by atoms with Crippen molar-refractivity contribution >= 4 is 23.4 Å². The minimum Gasteiger partial charge on any atom is -0.350 e. The Hall–Kier alpha value is -3.33. The maximum absolute atomic E-state index is 13.5. The van der Waals surface area contributed by atoms with Crippen LogP contribution in [0.5, 0.6) is 0 Å². The van der Waals surface area contributed by atoms with Gasteiger partial charge < -0.3 is 15.2 Å². The van der Waals surface area contributed by atoms with Crippen LogP contribution in [0.2, 0.25) is 5.02 Å². The first kappa shape index (κ1) is 19.4. The summed E-state index contributed by atoms with van der Waals surface area (Å²) >= 11 is 5.89. The molecule has 0 radical (unpaired) electrons. The van der Waals surface area contributed by atoms with Crippen molar-refractivity contribution in [1.82, 2.24) is 20.8 Å². The minimum atomic E-state index is -0.971. The van der Waals surface area contributed by atoms with Gasteiger partial charge in [-0.3, -0.25) is 9.59 Å². The Morgan fingerprint density at radius 3 is 2.32 bits per heavy atom. The molecule has 7 nitrogen and oxygen atoms in total. The van der Waals surface area contributed by atoms with Crippen LogP contribution in [0.4, 0.5) is 8.78 Å². The number of hydrogen-bond donors (Lipinski definition) is 2. The predicted octanol–water partition coefficient (Wildman–Crippen LogP) is 2.83. The third-order valence-electron chi connectivity index (χ3n) is 3.59. The van der Waals surface area contributed by atoms with Gasteiger partial charge in [-0.25, -0.2) is 8.78 Å². The van der Waals surface area contributed by atoms with Crippen LogP contribution in [0, 0.1) is 11.6 Å². The van der Waals surface area contributed by atoms with E-state index in [1.165, 1.54) is 0 Å². The number of hydrogen-bond acceptors (Lipinski definition) is 5. The van der Waals surface area contributed by atoms with Crippen molar-refractivity contribution in [2.24, 2.45) is 0 Å². The van der Waals surface area contributed by atoms with E-state index in [-0.39, 0.29) is 24.8 Å². The van der Waals surface area contributed by atoms with Gasteiger partial charge in [-0.1, -0.05) is 35.0 Å². The second-order valence-electron chi connectivity index (χ2n) is 5.54. The molecule has 0 bridgehead atoms. The molecule has 0 saturated heterocycles. The fourth-order valence-corrected chi connectivity index (χ4v) is 2.48. The third kappa shape index (κ3) is 4.49. The molecule has 0 saturated carbocycles. The van der Waals surface area contributed by atoms with E-state index < -0.39 is 29.0 Å². The van der Waals surface area contributed by atoms with Crippen molar-refractivity contribution in [3.8, 4) is 11.4 Å². The molecule has 2 N–H and O–H groups in total. The molecule has 3 aromatic rings. The number of amides is 2. The van der Waals surface area contributed by atoms with Crippen LogP contribution >= 0.6 is 11.6 Å². The number of benzene rings is 2. The number of aromatic nitrogens is 2. The van der Waals surface area contributed by atoms with E-state index in [0.717, 1.165) is 18.2 Å². The van der Waals surface area contributed by atoms with E-state index in [0.29, 0.717) is 10.6 Å². The molecule has 1 heterocycles. The second kappa shape index (κ2) is 8.57. The van der Waals surface area contributed by atoms with Gasteiger partial charge in [-0.2, -0.15) is 4.98 Å². The van der Waals surface area contributed by atoms with E-state index in [4.69, 9.17) is 16.1 Å². The van der Waals surface area contributed by atoms with Crippen LogP contribution in [0.3, 0.4) is 0 Å². The molecular formula is C18H13ClF2N4O3. The summed E-state index contributed by atoms with van der Waals surface area (Å²) in [6.45, 7) is -0.0802. The Balaban J connectivity index is 1.52. The third-order valence-corrected chi connectivity index (χ3v) is 3.82. The molecular weight excluding hydrogens is 394 g/mol. The van der Waals surface area contributed by atoms with E-state index in [1.807, 2.05) is 0 Å². The van der Waals surface area contributed by atoms with Crippen LogP contribution in [-0.2, 0) is 0 Å². The first-order chi connectivity index (χ1) is 13.5. The highest BCUT2D eigenvalue weighted by atomic mass is 35.5. The van der Waals surface area contributed by atoms with Crippen LogP contribution in [0.1, 0.15) is 21.0 Å². The van der Waals surface area contributed by atoms with E-state index in [9.17, 15) is 18.4 Å². The molecule has 10 heteroatoms.